The van der Waals surface area contributed by atoms with E-state index in [1.165, 1.54) is 30.5 Å². The Morgan fingerprint density at radius 2 is 1.92 bits per heavy atom. The molecule has 0 aliphatic rings. The number of hydrogen-bond donors (Lipinski definition) is 2. The Morgan fingerprint density at radius 3 is 2.64 bits per heavy atom. The minimum absolute atomic E-state index is 0.283. The fourth-order valence-corrected chi connectivity index (χ4v) is 2.05. The van der Waals surface area contributed by atoms with Crippen molar-refractivity contribution in [3.8, 4) is 0 Å². The number of H-pyrrole nitrogens is 1. The molecule has 2 N–H and O–H groups in total. The van der Waals surface area contributed by atoms with Gasteiger partial charge in [-0.25, -0.2) is 4.39 Å². The second kappa shape index (κ2) is 7.35. The number of carbonyl (C=O) groups is 1. The number of carbonyl (C=O) groups excluding carboxylic acids is 1. The summed E-state index contributed by atoms with van der Waals surface area (Å²) in [5, 5.41) is 12.6. The first-order valence-electron chi connectivity index (χ1n) is 7.43. The molecule has 8 heteroatoms. The molecule has 1 amide bonds. The summed E-state index contributed by atoms with van der Waals surface area (Å²) in [4.78, 5) is 25.0. The van der Waals surface area contributed by atoms with Crippen molar-refractivity contribution < 1.29 is 9.18 Å². The fourth-order valence-electron chi connectivity index (χ4n) is 2.05. The maximum absolute atomic E-state index is 12.8. The average molecular weight is 339 g/mol. The van der Waals surface area contributed by atoms with Gasteiger partial charge in [-0.05, 0) is 23.3 Å². The number of amides is 1. The lowest BCUT2D eigenvalue weighted by atomic mass is 10.2. The molecule has 0 atom stereocenters. The van der Waals surface area contributed by atoms with E-state index in [1.807, 2.05) is 30.3 Å². The van der Waals surface area contributed by atoms with Gasteiger partial charge in [0, 0.05) is 6.54 Å². The largest absolute Gasteiger partial charge is 0.346 e. The Labute approximate surface area is 141 Å². The van der Waals surface area contributed by atoms with Crippen LogP contribution in [0.4, 0.5) is 4.39 Å². The molecule has 0 radical (unpaired) electrons. The topological polar surface area (TPSA) is 92.1 Å². The Balaban J connectivity index is 1.69. The molecule has 0 bridgehead atoms. The molecule has 1 heterocycles. The van der Waals surface area contributed by atoms with Gasteiger partial charge in [-0.2, -0.15) is 10.3 Å². The first kappa shape index (κ1) is 16.3. The minimum atomic E-state index is -0.677. The zero-order chi connectivity index (χ0) is 17.6. The van der Waals surface area contributed by atoms with Crippen LogP contribution in [0.2, 0.25) is 0 Å². The molecule has 1 aromatic heterocycles. The number of halogens is 1. The van der Waals surface area contributed by atoms with Gasteiger partial charge in [0.05, 0.1) is 6.21 Å². The highest BCUT2D eigenvalue weighted by Crippen LogP contribution is 2.00. The number of nitrogens with zero attached hydrogens (tertiary/aromatic N) is 3. The van der Waals surface area contributed by atoms with Gasteiger partial charge in [-0.1, -0.05) is 42.5 Å². The molecule has 0 spiro atoms. The van der Waals surface area contributed by atoms with Crippen LogP contribution in [0.25, 0.3) is 0 Å². The van der Waals surface area contributed by atoms with Gasteiger partial charge in [-0.15, -0.1) is 9.89 Å². The maximum Gasteiger partial charge on any atom is 0.320 e. The summed E-state index contributed by atoms with van der Waals surface area (Å²) < 4.78 is 12.8. The van der Waals surface area contributed by atoms with Crippen LogP contribution < -0.4 is 10.9 Å². The fraction of sp³-hybridized carbons (Fsp3) is 0.0588. The summed E-state index contributed by atoms with van der Waals surface area (Å²) in [5.41, 5.74) is 0.537. The summed E-state index contributed by atoms with van der Waals surface area (Å²) in [6, 6.07) is 14.9. The molecule has 3 aromatic rings. The molecule has 0 aliphatic carbocycles. The lowest BCUT2D eigenvalue weighted by molar-refractivity contribution is 0.0944. The first-order chi connectivity index (χ1) is 12.1. The number of benzene rings is 2. The second-order valence-electron chi connectivity index (χ2n) is 5.14. The van der Waals surface area contributed by atoms with Gasteiger partial charge in [0.15, 0.2) is 0 Å². The highest BCUT2D eigenvalue weighted by atomic mass is 19.1. The Bertz CT molecular complexity index is 945. The lowest BCUT2D eigenvalue weighted by Crippen LogP contribution is -2.29. The van der Waals surface area contributed by atoms with Crippen LogP contribution in [0, 0.1) is 5.82 Å². The zero-order valence-electron chi connectivity index (χ0n) is 13.0. The number of aromatic amines is 1. The third-order valence-corrected chi connectivity index (χ3v) is 3.35. The van der Waals surface area contributed by atoms with Crippen LogP contribution in [-0.2, 0) is 6.54 Å². The Morgan fingerprint density at radius 1 is 1.20 bits per heavy atom. The zero-order valence-corrected chi connectivity index (χ0v) is 13.0. The molecule has 2 aromatic carbocycles. The van der Waals surface area contributed by atoms with Crippen molar-refractivity contribution in [3.63, 3.8) is 0 Å². The molecule has 0 unspecified atom stereocenters. The number of hydrogen-bond acceptors (Lipinski definition) is 4. The van der Waals surface area contributed by atoms with E-state index in [0.29, 0.717) is 5.56 Å². The van der Waals surface area contributed by atoms with Crippen LogP contribution in [0.1, 0.15) is 21.6 Å². The first-order valence-corrected chi connectivity index (χ1v) is 7.43. The molecule has 0 fully saturated rings. The minimum Gasteiger partial charge on any atom is -0.346 e. The third-order valence-electron chi connectivity index (χ3n) is 3.35. The second-order valence-corrected chi connectivity index (χ2v) is 5.14. The van der Waals surface area contributed by atoms with E-state index in [2.05, 4.69) is 20.7 Å². The standard InChI is InChI=1S/C17H14FN5O2/c18-14-8-6-13(7-9-14)11-20-23-17(25)15(21-22-23)16(24)19-10-12-4-2-1-3-5-12/h1-9,11,22H,10H2,(H,19,24)/b20-11+. The van der Waals surface area contributed by atoms with Crippen molar-refractivity contribution in [2.45, 2.75) is 6.54 Å². The Kier molecular flexibility index (Phi) is 4.79. The molecule has 25 heavy (non-hydrogen) atoms. The van der Waals surface area contributed by atoms with E-state index in [1.54, 1.807) is 0 Å². The van der Waals surface area contributed by atoms with Gasteiger partial charge < -0.3 is 5.32 Å². The maximum atomic E-state index is 12.8. The molecular formula is C17H14FN5O2. The summed E-state index contributed by atoms with van der Waals surface area (Å²) in [7, 11) is 0. The number of aromatic nitrogens is 3. The highest BCUT2D eigenvalue weighted by Gasteiger charge is 2.16. The smallest absolute Gasteiger partial charge is 0.320 e. The molecule has 0 saturated heterocycles. The summed E-state index contributed by atoms with van der Waals surface area (Å²) in [6.45, 7) is 0.283. The van der Waals surface area contributed by atoms with Gasteiger partial charge in [-0.3, -0.25) is 9.59 Å². The van der Waals surface area contributed by atoms with E-state index in [0.717, 1.165) is 10.4 Å². The predicted molar refractivity (Wildman–Crippen MR) is 89.9 cm³/mol. The average Bonchev–Trinajstić information content (AvgIpc) is 3.01. The SMILES string of the molecule is O=C(NCc1ccccc1)c1n[nH]n(/N=C/c2ccc(F)cc2)c1=O. The molecule has 0 aliphatic heterocycles. The Hall–Kier alpha value is -3.55. The van der Waals surface area contributed by atoms with Crippen LogP contribution in [0.3, 0.4) is 0 Å². The third kappa shape index (κ3) is 4.05. The van der Waals surface area contributed by atoms with E-state index in [9.17, 15) is 14.0 Å². The lowest BCUT2D eigenvalue weighted by Gasteiger charge is -2.01. The van der Waals surface area contributed by atoms with Crippen molar-refractivity contribution >= 4 is 12.1 Å². The van der Waals surface area contributed by atoms with Crippen LogP contribution in [0.5, 0.6) is 0 Å². The summed E-state index contributed by atoms with van der Waals surface area (Å²) in [6.07, 6.45) is 1.35. The van der Waals surface area contributed by atoms with E-state index in [-0.39, 0.29) is 18.1 Å². The summed E-state index contributed by atoms with van der Waals surface area (Å²) >= 11 is 0. The van der Waals surface area contributed by atoms with Crippen molar-refractivity contribution in [2.75, 3.05) is 0 Å². The van der Waals surface area contributed by atoms with Crippen molar-refractivity contribution in [1.29, 1.82) is 0 Å². The van der Waals surface area contributed by atoms with Crippen LogP contribution in [0.15, 0.2) is 64.5 Å². The van der Waals surface area contributed by atoms with Crippen LogP contribution in [-0.4, -0.2) is 27.2 Å². The van der Waals surface area contributed by atoms with Gasteiger partial charge in [0.1, 0.15) is 5.82 Å². The number of rotatable bonds is 5. The van der Waals surface area contributed by atoms with Gasteiger partial charge in [0.2, 0.25) is 5.69 Å². The molecule has 126 valence electrons. The summed E-state index contributed by atoms with van der Waals surface area (Å²) in [5.74, 6) is -0.964. The van der Waals surface area contributed by atoms with E-state index in [4.69, 9.17) is 0 Å². The molecule has 3 rings (SSSR count). The van der Waals surface area contributed by atoms with E-state index < -0.39 is 11.5 Å². The van der Waals surface area contributed by atoms with Crippen molar-refractivity contribution in [3.05, 3.63) is 87.6 Å². The van der Waals surface area contributed by atoms with E-state index >= 15 is 0 Å². The van der Waals surface area contributed by atoms with Gasteiger partial charge >= 0.3 is 5.56 Å². The molecule has 0 saturated carbocycles. The normalized spacial score (nSPS) is 10.9. The highest BCUT2D eigenvalue weighted by molar-refractivity contribution is 5.91. The predicted octanol–water partition coefficient (Wildman–Crippen LogP) is 1.52. The number of nitrogens with one attached hydrogen (secondary N) is 2. The van der Waals surface area contributed by atoms with Crippen molar-refractivity contribution in [2.24, 2.45) is 5.10 Å². The molecule has 7 nitrogen and oxygen atoms in total. The quantitative estimate of drug-likeness (QED) is 0.690. The van der Waals surface area contributed by atoms with Crippen LogP contribution >= 0.6 is 0 Å². The molecular weight excluding hydrogens is 325 g/mol. The monoisotopic (exact) mass is 339 g/mol. The van der Waals surface area contributed by atoms with Gasteiger partial charge in [0.25, 0.3) is 5.91 Å². The van der Waals surface area contributed by atoms with Crippen molar-refractivity contribution in [1.82, 2.24) is 20.4 Å².